The molecule has 0 saturated heterocycles. The number of hydrogen-bond acceptors (Lipinski definition) is 3. The molecule has 3 aromatic rings. The summed E-state index contributed by atoms with van der Waals surface area (Å²) in [5, 5.41) is 8.83. The van der Waals surface area contributed by atoms with Gasteiger partial charge in [-0.2, -0.15) is 4.39 Å². The molecule has 0 aliphatic carbocycles. The van der Waals surface area contributed by atoms with E-state index in [1.54, 1.807) is 37.3 Å². The Morgan fingerprint density at radius 2 is 1.47 bits per heavy atom. The maximum atomic E-state index is 14.8. The largest absolute Gasteiger partial charge is 0.491 e. The molecule has 3 rings (SSSR count). The molecule has 3 aromatic carbocycles. The van der Waals surface area contributed by atoms with E-state index in [0.29, 0.717) is 29.7 Å². The molecule has 0 aromatic heterocycles. The lowest BCUT2D eigenvalue weighted by molar-refractivity contribution is -0.251. The maximum Gasteiger partial charge on any atom is 0.201 e. The molecule has 3 nitrogen and oxygen atoms in total. The molecule has 1 N–H and O–H groups in total. The average molecular weight is 501 g/mol. The van der Waals surface area contributed by atoms with Gasteiger partial charge in [0.2, 0.25) is 5.82 Å². The molecule has 0 spiro atoms. The van der Waals surface area contributed by atoms with Gasteiger partial charge < -0.3 is 4.74 Å². The first-order chi connectivity index (χ1) is 17.5. The van der Waals surface area contributed by atoms with E-state index in [0.717, 1.165) is 44.1 Å². The monoisotopic (exact) mass is 500 g/mol. The van der Waals surface area contributed by atoms with Gasteiger partial charge in [-0.15, -0.1) is 0 Å². The minimum Gasteiger partial charge on any atom is -0.491 e. The fraction of sp³-hybridized carbons (Fsp3) is 0.400. The molecule has 36 heavy (non-hydrogen) atoms. The molecule has 0 aliphatic rings. The van der Waals surface area contributed by atoms with Crippen molar-refractivity contribution in [2.75, 3.05) is 13.2 Å². The van der Waals surface area contributed by atoms with Crippen LogP contribution in [-0.2, 0) is 11.3 Å². The standard InChI is InChI=1S/C30H35F3O3/c1-3-5-6-8-21(20-36-34)9-7-10-24-15-16-25(19-27(24)31)22-11-13-23(14-12-22)26-17-18-28(35-4-2)30(33)29(26)32/h11-19,21,34H,3-10,20H2,1-2H3. The van der Waals surface area contributed by atoms with Crippen molar-refractivity contribution in [3.63, 3.8) is 0 Å². The molecule has 0 heterocycles. The van der Waals surface area contributed by atoms with Crippen LogP contribution in [0.4, 0.5) is 13.2 Å². The molecule has 1 unspecified atom stereocenters. The van der Waals surface area contributed by atoms with Crippen LogP contribution in [0.5, 0.6) is 5.75 Å². The summed E-state index contributed by atoms with van der Waals surface area (Å²) >= 11 is 0. The molecule has 194 valence electrons. The summed E-state index contributed by atoms with van der Waals surface area (Å²) in [5.74, 6) is -2.07. The summed E-state index contributed by atoms with van der Waals surface area (Å²) in [6, 6.07) is 15.0. The van der Waals surface area contributed by atoms with Gasteiger partial charge >= 0.3 is 0 Å². The van der Waals surface area contributed by atoms with Gasteiger partial charge in [0.05, 0.1) is 13.2 Å². The van der Waals surface area contributed by atoms with Gasteiger partial charge in [-0.3, -0.25) is 5.26 Å². The molecular formula is C30H35F3O3. The minimum absolute atomic E-state index is 0.111. The summed E-state index contributed by atoms with van der Waals surface area (Å²) in [4.78, 5) is 4.37. The first-order valence-electron chi connectivity index (χ1n) is 12.7. The van der Waals surface area contributed by atoms with Crippen molar-refractivity contribution >= 4 is 0 Å². The van der Waals surface area contributed by atoms with Crippen molar-refractivity contribution in [1.82, 2.24) is 0 Å². The Morgan fingerprint density at radius 1 is 0.778 bits per heavy atom. The molecule has 0 radical (unpaired) electrons. The van der Waals surface area contributed by atoms with Crippen molar-refractivity contribution in [2.45, 2.75) is 58.8 Å². The Bertz CT molecular complexity index is 1100. The van der Waals surface area contributed by atoms with Crippen LogP contribution >= 0.6 is 0 Å². The third-order valence-corrected chi connectivity index (χ3v) is 6.51. The van der Waals surface area contributed by atoms with E-state index in [9.17, 15) is 13.2 Å². The van der Waals surface area contributed by atoms with Crippen LogP contribution in [0.3, 0.4) is 0 Å². The summed E-state index contributed by atoms with van der Waals surface area (Å²) < 4.78 is 48.7. The molecule has 0 aliphatic heterocycles. The van der Waals surface area contributed by atoms with Crippen LogP contribution in [0.1, 0.15) is 57.9 Å². The van der Waals surface area contributed by atoms with E-state index < -0.39 is 11.6 Å². The van der Waals surface area contributed by atoms with Crippen LogP contribution in [0.25, 0.3) is 22.3 Å². The summed E-state index contributed by atoms with van der Waals surface area (Å²) in [6.45, 7) is 4.42. The molecule has 0 bridgehead atoms. The number of halogens is 3. The van der Waals surface area contributed by atoms with E-state index in [1.165, 1.54) is 18.2 Å². The number of unbranched alkanes of at least 4 members (excludes halogenated alkanes) is 2. The van der Waals surface area contributed by atoms with Crippen LogP contribution in [0.15, 0.2) is 54.6 Å². The van der Waals surface area contributed by atoms with Crippen molar-refractivity contribution < 1.29 is 28.1 Å². The molecule has 0 amide bonds. The number of aryl methyl sites for hydroxylation is 1. The van der Waals surface area contributed by atoms with Crippen LogP contribution in [0.2, 0.25) is 0 Å². The Morgan fingerprint density at radius 3 is 2.14 bits per heavy atom. The third-order valence-electron chi connectivity index (χ3n) is 6.51. The van der Waals surface area contributed by atoms with Gasteiger partial charge in [0.1, 0.15) is 5.82 Å². The summed E-state index contributed by atoms with van der Waals surface area (Å²) in [6.07, 6.45) is 6.70. The van der Waals surface area contributed by atoms with Gasteiger partial charge in [0, 0.05) is 5.56 Å². The molecular weight excluding hydrogens is 465 g/mol. The molecule has 0 fully saturated rings. The predicted molar refractivity (Wildman–Crippen MR) is 138 cm³/mol. The Labute approximate surface area is 211 Å². The number of ether oxygens (including phenoxy) is 1. The van der Waals surface area contributed by atoms with Crippen molar-refractivity contribution in [1.29, 1.82) is 0 Å². The first-order valence-corrected chi connectivity index (χ1v) is 12.7. The lowest BCUT2D eigenvalue weighted by Crippen LogP contribution is -2.09. The highest BCUT2D eigenvalue weighted by Gasteiger charge is 2.16. The fourth-order valence-corrected chi connectivity index (χ4v) is 4.47. The van der Waals surface area contributed by atoms with Gasteiger partial charge in [0.15, 0.2) is 11.6 Å². The van der Waals surface area contributed by atoms with Gasteiger partial charge in [-0.05, 0) is 79.0 Å². The first kappa shape index (κ1) is 27.8. The second kappa shape index (κ2) is 14.0. The molecule has 6 heteroatoms. The lowest BCUT2D eigenvalue weighted by Gasteiger charge is -2.15. The summed E-state index contributed by atoms with van der Waals surface area (Å²) in [7, 11) is 0. The zero-order valence-electron chi connectivity index (χ0n) is 21.0. The van der Waals surface area contributed by atoms with Gasteiger partial charge in [-0.25, -0.2) is 13.7 Å². The normalized spacial score (nSPS) is 12.1. The van der Waals surface area contributed by atoms with E-state index in [4.69, 9.17) is 9.99 Å². The summed E-state index contributed by atoms with van der Waals surface area (Å²) in [5.41, 5.74) is 2.82. The van der Waals surface area contributed by atoms with Crippen molar-refractivity contribution in [3.8, 4) is 28.0 Å². The van der Waals surface area contributed by atoms with E-state index >= 15 is 0 Å². The number of hydrogen-bond donors (Lipinski definition) is 1. The van der Waals surface area contributed by atoms with Crippen LogP contribution in [0, 0.1) is 23.4 Å². The van der Waals surface area contributed by atoms with Crippen molar-refractivity contribution in [2.24, 2.45) is 5.92 Å². The fourth-order valence-electron chi connectivity index (χ4n) is 4.47. The van der Waals surface area contributed by atoms with Crippen LogP contribution in [-0.4, -0.2) is 18.5 Å². The average Bonchev–Trinajstić information content (AvgIpc) is 2.88. The highest BCUT2D eigenvalue weighted by molar-refractivity contribution is 5.71. The lowest BCUT2D eigenvalue weighted by atomic mass is 9.94. The SMILES string of the molecule is CCCCCC(CCCc1ccc(-c2ccc(-c3ccc(OCC)c(F)c3F)cc2)cc1F)COO. The van der Waals surface area contributed by atoms with Crippen molar-refractivity contribution in [3.05, 3.63) is 77.6 Å². The number of benzene rings is 3. The number of rotatable bonds is 14. The quantitative estimate of drug-likeness (QED) is 0.136. The van der Waals surface area contributed by atoms with E-state index in [-0.39, 0.29) is 29.7 Å². The van der Waals surface area contributed by atoms with E-state index in [1.807, 2.05) is 6.07 Å². The van der Waals surface area contributed by atoms with Gasteiger partial charge in [0.25, 0.3) is 0 Å². The second-order valence-corrected chi connectivity index (χ2v) is 9.11. The zero-order chi connectivity index (χ0) is 25.9. The van der Waals surface area contributed by atoms with E-state index in [2.05, 4.69) is 11.8 Å². The predicted octanol–water partition coefficient (Wildman–Crippen LogP) is 8.85. The smallest absolute Gasteiger partial charge is 0.201 e. The third kappa shape index (κ3) is 7.34. The molecule has 0 saturated carbocycles. The van der Waals surface area contributed by atoms with Gasteiger partial charge in [-0.1, -0.05) is 62.6 Å². The maximum absolute atomic E-state index is 14.8. The Hall–Kier alpha value is -2.83. The minimum atomic E-state index is -1.01. The second-order valence-electron chi connectivity index (χ2n) is 9.11. The highest BCUT2D eigenvalue weighted by Crippen LogP contribution is 2.32. The Balaban J connectivity index is 1.65. The highest BCUT2D eigenvalue weighted by atomic mass is 19.2. The Kier molecular flexibility index (Phi) is 10.8. The topological polar surface area (TPSA) is 38.7 Å². The zero-order valence-corrected chi connectivity index (χ0v) is 21.0. The molecule has 1 atom stereocenters. The van der Waals surface area contributed by atoms with Crippen LogP contribution < -0.4 is 4.74 Å².